The van der Waals surface area contributed by atoms with Crippen LogP contribution in [0.15, 0.2) is 34.2 Å². The summed E-state index contributed by atoms with van der Waals surface area (Å²) >= 11 is 0.900. The number of H-pyrrole nitrogens is 1. The number of rotatable bonds is 6. The summed E-state index contributed by atoms with van der Waals surface area (Å²) in [5.41, 5.74) is 5.39. The second kappa shape index (κ2) is 9.92. The van der Waals surface area contributed by atoms with Crippen LogP contribution in [0.25, 0.3) is 11.2 Å². The van der Waals surface area contributed by atoms with Gasteiger partial charge in [0, 0.05) is 5.69 Å². The number of imidazole rings is 1. The van der Waals surface area contributed by atoms with E-state index in [1.807, 2.05) is 0 Å². The number of aliphatic hydroxyl groups excluding tert-OH is 1. The summed E-state index contributed by atoms with van der Waals surface area (Å²) in [4.78, 5) is 55.3. The maximum atomic E-state index is 12.6. The van der Waals surface area contributed by atoms with Crippen molar-refractivity contribution < 1.29 is 43.5 Å². The van der Waals surface area contributed by atoms with E-state index in [0.29, 0.717) is 5.69 Å². The molecule has 1 aromatic carbocycles. The number of hydrogen-bond donors (Lipinski definition) is 8. The number of anilines is 2. The molecule has 0 spiro atoms. The predicted molar refractivity (Wildman–Crippen MR) is 130 cm³/mol. The monoisotopic (exact) mass is 555 g/mol. The second-order valence-electron chi connectivity index (χ2n) is 8.14. The van der Waals surface area contributed by atoms with Gasteiger partial charge in [-0.15, -0.1) is 4.52 Å². The van der Waals surface area contributed by atoms with Gasteiger partial charge in [-0.1, -0.05) is 23.9 Å². The molecule has 19 heteroatoms. The van der Waals surface area contributed by atoms with Crippen molar-refractivity contribution in [3.05, 3.63) is 34.6 Å². The topological polar surface area (TPSA) is 248 Å². The lowest BCUT2D eigenvalue weighted by atomic mass is 9.80. The molecule has 37 heavy (non-hydrogen) atoms. The minimum atomic E-state index is -4.14. The molecule has 2 saturated heterocycles. The Kier molecular flexibility index (Phi) is 6.97. The van der Waals surface area contributed by atoms with Crippen LogP contribution >= 0.6 is 19.9 Å². The fourth-order valence-electron chi connectivity index (χ4n) is 3.97. The number of carbonyl (C=O) groups is 1. The van der Waals surface area contributed by atoms with Crippen LogP contribution in [0.4, 0.5) is 11.6 Å². The number of fused-ring (bicyclic) bond motifs is 2. The molecule has 1 amide bonds. The Labute approximate surface area is 212 Å². The summed E-state index contributed by atoms with van der Waals surface area (Å²) in [6, 6.07) is 5.98. The highest BCUT2D eigenvalue weighted by molar-refractivity contribution is 7.99. The molecule has 5 rings (SSSR count). The number of nitrogens with zero attached hydrogens (tertiary/aromatic N) is 3. The van der Waals surface area contributed by atoms with Gasteiger partial charge >= 0.3 is 15.3 Å². The first-order valence-electron chi connectivity index (χ1n) is 10.7. The lowest BCUT2D eigenvalue weighted by Gasteiger charge is -2.24. The maximum Gasteiger partial charge on any atom is 0.570 e. The molecule has 2 unspecified atom stereocenters. The molecule has 0 saturated carbocycles. The minimum absolute atomic E-state index is 0.0357. The fraction of sp³-hybridized carbons (Fsp3) is 0.333. The van der Waals surface area contributed by atoms with Crippen LogP contribution in [0, 0.1) is 0 Å². The van der Waals surface area contributed by atoms with Gasteiger partial charge in [0.05, 0.1) is 5.75 Å². The fourth-order valence-corrected chi connectivity index (χ4v) is 5.77. The van der Waals surface area contributed by atoms with Crippen molar-refractivity contribution in [2.45, 2.75) is 29.7 Å². The number of nitrogens with two attached hydrogens (primary N) is 1. The molecule has 2 aromatic heterocycles. The number of ether oxygens (including phenoxy) is 1. The van der Waals surface area contributed by atoms with E-state index in [1.165, 1.54) is 16.7 Å². The molecule has 0 aliphatic carbocycles. The van der Waals surface area contributed by atoms with Crippen molar-refractivity contribution in [1.82, 2.24) is 19.5 Å². The average molecular weight is 555 g/mol. The van der Waals surface area contributed by atoms with Crippen molar-refractivity contribution >= 4 is 61.2 Å². The maximum absolute atomic E-state index is 12.6. The molecular formula is C18H21BN6O10PS+. The Bertz CT molecular complexity index is 1410. The van der Waals surface area contributed by atoms with Gasteiger partial charge in [0.2, 0.25) is 11.9 Å². The Balaban J connectivity index is 1.42. The van der Waals surface area contributed by atoms with E-state index in [0.717, 1.165) is 11.8 Å². The molecule has 3 aromatic rings. The Morgan fingerprint density at radius 2 is 2.14 bits per heavy atom. The molecule has 4 atom stereocenters. The first-order valence-corrected chi connectivity index (χ1v) is 13.2. The van der Waals surface area contributed by atoms with E-state index in [2.05, 4.69) is 20.3 Å². The predicted octanol–water partition coefficient (Wildman–Crippen LogP) is -2.55. The molecule has 9 N–H and O–H groups in total. The summed E-state index contributed by atoms with van der Waals surface area (Å²) in [6.45, 7) is -0.270. The first-order chi connectivity index (χ1) is 17.5. The van der Waals surface area contributed by atoms with Crippen molar-refractivity contribution in [2.24, 2.45) is 0 Å². The number of nitrogen functional groups attached to an aromatic ring is 1. The van der Waals surface area contributed by atoms with Gasteiger partial charge in [-0.05, 0) is 17.6 Å². The van der Waals surface area contributed by atoms with Crippen molar-refractivity contribution in [1.29, 1.82) is 0 Å². The van der Waals surface area contributed by atoms with Crippen LogP contribution in [0.1, 0.15) is 6.23 Å². The van der Waals surface area contributed by atoms with Crippen LogP contribution in [0.2, 0.25) is 0 Å². The van der Waals surface area contributed by atoms with Crippen LogP contribution in [-0.2, 0) is 18.6 Å². The number of carbonyl (C=O) groups excluding carboxylic acids is 1. The van der Waals surface area contributed by atoms with Gasteiger partial charge in [0.25, 0.3) is 5.56 Å². The third-order valence-electron chi connectivity index (χ3n) is 5.57. The van der Waals surface area contributed by atoms with E-state index >= 15 is 0 Å². The van der Waals surface area contributed by atoms with Gasteiger partial charge in [0.1, 0.15) is 18.8 Å². The smallest absolute Gasteiger partial charge is 0.423 e. The number of thioether (sulfide) groups is 1. The molecule has 2 aliphatic heterocycles. The first kappa shape index (κ1) is 26.0. The number of aromatic nitrogens is 4. The summed E-state index contributed by atoms with van der Waals surface area (Å²) in [5, 5.41) is 32.2. The van der Waals surface area contributed by atoms with Gasteiger partial charge in [-0.25, -0.2) is 4.98 Å². The highest BCUT2D eigenvalue weighted by Gasteiger charge is 2.60. The van der Waals surface area contributed by atoms with E-state index in [4.69, 9.17) is 19.5 Å². The van der Waals surface area contributed by atoms with Gasteiger partial charge in [0.15, 0.2) is 28.7 Å². The van der Waals surface area contributed by atoms with Gasteiger partial charge in [-0.2, -0.15) is 19.3 Å². The number of aliphatic hydroxyl groups is 1. The molecule has 16 nitrogen and oxygen atoms in total. The average Bonchev–Trinajstić information content (AvgIpc) is 3.34. The van der Waals surface area contributed by atoms with Crippen LogP contribution < -0.4 is 22.1 Å². The zero-order valence-electron chi connectivity index (χ0n) is 18.7. The Morgan fingerprint density at radius 1 is 1.35 bits per heavy atom. The third-order valence-corrected chi connectivity index (χ3v) is 7.52. The molecule has 2 fully saturated rings. The summed E-state index contributed by atoms with van der Waals surface area (Å²) in [7, 11) is -5.84. The normalized spacial score (nSPS) is 24.7. The Morgan fingerprint density at radius 3 is 2.89 bits per heavy atom. The van der Waals surface area contributed by atoms with Crippen LogP contribution in [0.3, 0.4) is 0 Å². The SMILES string of the molecule is Nc1nc2c(nc(SCC(=O)Nc3cccc(B(O)O)c3)n2[C@@H]2OC3CO[P+](O)(O)O[C@H]3C2O)c(=O)[nH]1. The van der Waals surface area contributed by atoms with E-state index < -0.39 is 51.3 Å². The number of aromatic amines is 1. The molecular weight excluding hydrogens is 534 g/mol. The number of hydrogen-bond acceptors (Lipinski definition) is 14. The van der Waals surface area contributed by atoms with Crippen molar-refractivity contribution in [3.63, 3.8) is 0 Å². The highest BCUT2D eigenvalue weighted by atomic mass is 32.2. The van der Waals surface area contributed by atoms with E-state index in [-0.39, 0.29) is 40.1 Å². The van der Waals surface area contributed by atoms with Crippen molar-refractivity contribution in [2.75, 3.05) is 23.4 Å². The Hall–Kier alpha value is -2.64. The van der Waals surface area contributed by atoms with Gasteiger partial charge in [-0.3, -0.25) is 19.1 Å². The third kappa shape index (κ3) is 5.21. The number of nitrogens with one attached hydrogen (secondary N) is 2. The van der Waals surface area contributed by atoms with Gasteiger partial charge < -0.3 is 30.9 Å². The lowest BCUT2D eigenvalue weighted by molar-refractivity contribution is -0.113. The van der Waals surface area contributed by atoms with Crippen LogP contribution in [-0.4, -0.2) is 88.2 Å². The minimum Gasteiger partial charge on any atom is -0.423 e. The van der Waals surface area contributed by atoms with Crippen LogP contribution in [0.5, 0.6) is 0 Å². The molecule has 196 valence electrons. The lowest BCUT2D eigenvalue weighted by Crippen LogP contribution is -2.40. The largest absolute Gasteiger partial charge is 0.570 e. The standard InChI is InChI=1S/C18H20BN6O10PS/c20-17-23-14-11(15(28)24-17)22-18(37-6-10(26)21-8-3-1-2-7(4-8)19(29)30)25(14)16-12(27)13-9(34-16)5-33-36(31,32)35-13/h1-4,9,12-13,16,27,29-32H,5-6H2,(H3-,20,21,23,24,26,28)/p+1/t9?,12?,13-,16-/m1/s1. The van der Waals surface area contributed by atoms with E-state index in [1.54, 1.807) is 12.1 Å². The summed E-state index contributed by atoms with van der Waals surface area (Å²) < 4.78 is 17.1. The van der Waals surface area contributed by atoms with Crippen molar-refractivity contribution in [3.8, 4) is 0 Å². The summed E-state index contributed by atoms with van der Waals surface area (Å²) in [6.07, 6.45) is -4.73. The molecule has 0 radical (unpaired) electrons. The number of amides is 1. The number of benzene rings is 1. The highest BCUT2D eigenvalue weighted by Crippen LogP contribution is 2.59. The quantitative estimate of drug-likeness (QED) is 0.0887. The molecule has 4 heterocycles. The van der Waals surface area contributed by atoms with E-state index in [9.17, 15) is 34.5 Å². The summed E-state index contributed by atoms with van der Waals surface area (Å²) in [5.74, 6) is -0.915. The zero-order chi connectivity index (χ0) is 26.5. The molecule has 2 aliphatic rings. The molecule has 0 bridgehead atoms. The zero-order valence-corrected chi connectivity index (χ0v) is 20.4. The second-order valence-corrected chi connectivity index (χ2v) is 10.5.